The number of esters is 1. The molecule has 0 saturated carbocycles. The third-order valence-electron chi connectivity index (χ3n) is 3.52. The van der Waals surface area contributed by atoms with Crippen molar-refractivity contribution >= 4 is 29.4 Å². The summed E-state index contributed by atoms with van der Waals surface area (Å²) >= 11 is 1.33. The molecule has 1 aromatic heterocycles. The molecule has 6 nitrogen and oxygen atoms in total. The van der Waals surface area contributed by atoms with E-state index in [9.17, 15) is 9.18 Å². The number of hydrogen-bond donors (Lipinski definition) is 0. The van der Waals surface area contributed by atoms with Crippen LogP contribution < -0.4 is 4.90 Å². The molecule has 0 amide bonds. The zero-order chi connectivity index (χ0) is 16.4. The minimum atomic E-state index is -0.344. The van der Waals surface area contributed by atoms with E-state index in [4.69, 9.17) is 4.74 Å². The molecule has 1 aliphatic heterocycles. The van der Waals surface area contributed by atoms with Gasteiger partial charge in [0.05, 0.1) is 6.61 Å². The number of anilines is 2. The number of carbonyl (C=O) groups is 1. The minimum absolute atomic E-state index is 0.261. The van der Waals surface area contributed by atoms with E-state index in [1.54, 1.807) is 26.0 Å². The highest BCUT2D eigenvalue weighted by atomic mass is 32.2. The smallest absolute Gasteiger partial charge is 0.319 e. The molecule has 8 heteroatoms. The number of benzene rings is 1. The van der Waals surface area contributed by atoms with Crippen LogP contribution >= 0.6 is 11.8 Å². The van der Waals surface area contributed by atoms with Crippen LogP contribution in [0.3, 0.4) is 0 Å². The van der Waals surface area contributed by atoms with Crippen molar-refractivity contribution in [3.05, 3.63) is 30.1 Å². The maximum atomic E-state index is 13.1. The highest BCUT2D eigenvalue weighted by Gasteiger charge is 2.28. The SMILES string of the molecule is CCOC(=O)[C@@H](C)Sc1nnc2n1CCN2c1ccc(F)cc1. The van der Waals surface area contributed by atoms with Crippen LogP contribution in [0.1, 0.15) is 13.8 Å². The zero-order valence-corrected chi connectivity index (χ0v) is 13.7. The molecule has 0 saturated heterocycles. The lowest BCUT2D eigenvalue weighted by atomic mass is 10.3. The van der Waals surface area contributed by atoms with Gasteiger partial charge in [0, 0.05) is 18.8 Å². The van der Waals surface area contributed by atoms with Gasteiger partial charge in [-0.3, -0.25) is 9.36 Å². The fourth-order valence-corrected chi connectivity index (χ4v) is 3.26. The Hall–Kier alpha value is -2.09. The molecule has 0 spiro atoms. The molecule has 2 aromatic rings. The van der Waals surface area contributed by atoms with E-state index in [0.717, 1.165) is 18.8 Å². The van der Waals surface area contributed by atoms with Gasteiger partial charge in [0.25, 0.3) is 0 Å². The molecule has 1 aliphatic rings. The van der Waals surface area contributed by atoms with Gasteiger partial charge in [-0.1, -0.05) is 11.8 Å². The Labute approximate surface area is 137 Å². The Morgan fingerprint density at radius 1 is 1.35 bits per heavy atom. The Morgan fingerprint density at radius 3 is 2.78 bits per heavy atom. The van der Waals surface area contributed by atoms with Crippen molar-refractivity contribution in [1.29, 1.82) is 0 Å². The molecule has 1 atom stereocenters. The normalized spacial score (nSPS) is 14.7. The van der Waals surface area contributed by atoms with E-state index in [-0.39, 0.29) is 17.0 Å². The summed E-state index contributed by atoms with van der Waals surface area (Å²) in [5, 5.41) is 8.71. The zero-order valence-electron chi connectivity index (χ0n) is 12.9. The Bertz CT molecular complexity index is 704. The molecule has 0 bridgehead atoms. The summed E-state index contributed by atoms with van der Waals surface area (Å²) < 4.78 is 20.0. The second-order valence-corrected chi connectivity index (χ2v) is 6.38. The predicted molar refractivity (Wildman–Crippen MR) is 85.4 cm³/mol. The second kappa shape index (κ2) is 6.57. The van der Waals surface area contributed by atoms with Crippen LogP contribution in [0.2, 0.25) is 0 Å². The maximum Gasteiger partial charge on any atom is 0.319 e. The first-order valence-corrected chi connectivity index (χ1v) is 8.27. The van der Waals surface area contributed by atoms with Gasteiger partial charge in [-0.15, -0.1) is 10.2 Å². The number of aromatic nitrogens is 3. The third kappa shape index (κ3) is 3.17. The fraction of sp³-hybridized carbons (Fsp3) is 0.400. The van der Waals surface area contributed by atoms with Crippen LogP contribution in [0.4, 0.5) is 16.0 Å². The van der Waals surface area contributed by atoms with Crippen molar-refractivity contribution in [2.24, 2.45) is 0 Å². The van der Waals surface area contributed by atoms with Crippen LogP contribution in [0.15, 0.2) is 29.4 Å². The van der Waals surface area contributed by atoms with Crippen molar-refractivity contribution in [1.82, 2.24) is 14.8 Å². The first kappa shape index (κ1) is 15.8. The maximum absolute atomic E-state index is 13.1. The third-order valence-corrected chi connectivity index (χ3v) is 4.58. The number of ether oxygens (including phenoxy) is 1. The van der Waals surface area contributed by atoms with E-state index >= 15 is 0 Å². The van der Waals surface area contributed by atoms with Crippen LogP contribution in [-0.4, -0.2) is 39.1 Å². The molecule has 0 unspecified atom stereocenters. The van der Waals surface area contributed by atoms with Gasteiger partial charge in [-0.2, -0.15) is 0 Å². The number of hydrogen-bond acceptors (Lipinski definition) is 6. The van der Waals surface area contributed by atoms with E-state index in [0.29, 0.717) is 17.7 Å². The molecular formula is C15H17FN4O2S. The van der Waals surface area contributed by atoms with Gasteiger partial charge >= 0.3 is 5.97 Å². The average molecular weight is 336 g/mol. The number of fused-ring (bicyclic) bond motifs is 1. The summed E-state index contributed by atoms with van der Waals surface area (Å²) in [5.74, 6) is 0.173. The lowest BCUT2D eigenvalue weighted by molar-refractivity contribution is -0.142. The van der Waals surface area contributed by atoms with Gasteiger partial charge in [0.1, 0.15) is 11.1 Å². The van der Waals surface area contributed by atoms with Crippen LogP contribution in [0.25, 0.3) is 0 Å². The summed E-state index contributed by atoms with van der Waals surface area (Å²) in [5.41, 5.74) is 0.868. The number of halogens is 1. The van der Waals surface area contributed by atoms with Gasteiger partial charge in [0.15, 0.2) is 5.16 Å². The second-order valence-electron chi connectivity index (χ2n) is 5.07. The first-order valence-electron chi connectivity index (χ1n) is 7.39. The van der Waals surface area contributed by atoms with Crippen molar-refractivity contribution < 1.29 is 13.9 Å². The van der Waals surface area contributed by atoms with Crippen molar-refractivity contribution in [2.75, 3.05) is 18.1 Å². The van der Waals surface area contributed by atoms with E-state index < -0.39 is 0 Å². The van der Waals surface area contributed by atoms with Crippen LogP contribution in [-0.2, 0) is 16.1 Å². The molecular weight excluding hydrogens is 319 g/mol. The molecule has 0 N–H and O–H groups in total. The fourth-order valence-electron chi connectivity index (χ4n) is 2.39. The minimum Gasteiger partial charge on any atom is -0.465 e. The molecule has 0 aliphatic carbocycles. The summed E-state index contributed by atoms with van der Waals surface area (Å²) in [4.78, 5) is 13.7. The molecule has 122 valence electrons. The lowest BCUT2D eigenvalue weighted by Crippen LogP contribution is -2.17. The van der Waals surface area contributed by atoms with Gasteiger partial charge in [-0.05, 0) is 38.1 Å². The summed E-state index contributed by atoms with van der Waals surface area (Å²) in [6.07, 6.45) is 0. The summed E-state index contributed by atoms with van der Waals surface area (Å²) in [7, 11) is 0. The highest BCUT2D eigenvalue weighted by Crippen LogP contribution is 2.33. The van der Waals surface area contributed by atoms with Gasteiger partial charge < -0.3 is 9.64 Å². The standard InChI is InChI=1S/C15H17FN4O2S/c1-3-22-13(21)10(2)23-15-18-17-14-19(8-9-20(14)15)12-6-4-11(16)5-7-12/h4-7,10H,3,8-9H2,1-2H3/t10-/m1/s1. The summed E-state index contributed by atoms with van der Waals surface area (Å²) in [6.45, 7) is 5.39. The Kier molecular flexibility index (Phi) is 4.51. The number of carbonyl (C=O) groups excluding carboxylic acids is 1. The summed E-state index contributed by atoms with van der Waals surface area (Å²) in [6, 6.07) is 6.28. The number of thioether (sulfide) groups is 1. The lowest BCUT2D eigenvalue weighted by Gasteiger charge is -2.14. The topological polar surface area (TPSA) is 60.2 Å². The van der Waals surface area contributed by atoms with Crippen LogP contribution in [0.5, 0.6) is 0 Å². The molecule has 3 rings (SSSR count). The van der Waals surface area contributed by atoms with Gasteiger partial charge in [-0.25, -0.2) is 4.39 Å². The quantitative estimate of drug-likeness (QED) is 0.618. The molecule has 0 radical (unpaired) electrons. The molecule has 2 heterocycles. The highest BCUT2D eigenvalue weighted by molar-refractivity contribution is 8.00. The van der Waals surface area contributed by atoms with Crippen molar-refractivity contribution in [3.63, 3.8) is 0 Å². The van der Waals surface area contributed by atoms with Crippen LogP contribution in [0, 0.1) is 5.82 Å². The average Bonchev–Trinajstić information content (AvgIpc) is 3.11. The molecule has 1 aromatic carbocycles. The molecule has 0 fully saturated rings. The molecule has 23 heavy (non-hydrogen) atoms. The van der Waals surface area contributed by atoms with Crippen molar-refractivity contribution in [2.45, 2.75) is 30.8 Å². The van der Waals surface area contributed by atoms with E-state index in [1.807, 2.05) is 9.47 Å². The first-order chi connectivity index (χ1) is 11.1. The number of nitrogens with zero attached hydrogens (tertiary/aromatic N) is 4. The van der Waals surface area contributed by atoms with E-state index in [1.165, 1.54) is 23.9 Å². The van der Waals surface area contributed by atoms with Gasteiger partial charge in [0.2, 0.25) is 5.95 Å². The Balaban J connectivity index is 1.77. The largest absolute Gasteiger partial charge is 0.465 e. The monoisotopic (exact) mass is 336 g/mol. The Morgan fingerprint density at radius 2 is 2.09 bits per heavy atom. The van der Waals surface area contributed by atoms with E-state index in [2.05, 4.69) is 10.2 Å². The predicted octanol–water partition coefficient (Wildman–Crippen LogP) is 2.61. The number of rotatable bonds is 5. The van der Waals surface area contributed by atoms with Crippen molar-refractivity contribution in [3.8, 4) is 0 Å².